The fourth-order valence-electron chi connectivity index (χ4n) is 2.14. The van der Waals surface area contributed by atoms with Crippen molar-refractivity contribution in [2.24, 2.45) is 4.99 Å². The number of hydrogen-bond donors (Lipinski definition) is 0. The molecule has 0 saturated heterocycles. The van der Waals surface area contributed by atoms with Crippen LogP contribution in [0.5, 0.6) is 0 Å². The molecule has 0 fully saturated rings. The van der Waals surface area contributed by atoms with Gasteiger partial charge in [0, 0.05) is 16.8 Å². The summed E-state index contributed by atoms with van der Waals surface area (Å²) in [7, 11) is 0. The predicted molar refractivity (Wildman–Crippen MR) is 84.2 cm³/mol. The molecule has 0 heterocycles. The molecule has 0 N–H and O–H groups in total. The predicted octanol–water partition coefficient (Wildman–Crippen LogP) is 4.65. The summed E-state index contributed by atoms with van der Waals surface area (Å²) >= 11 is 0. The molecule has 2 rings (SSSR count). The summed E-state index contributed by atoms with van der Waals surface area (Å²) in [6.45, 7) is 7.61. The number of aliphatic imine (C=N–C) groups is 1. The number of hydrogen-bond acceptors (Lipinski definition) is 2. The first-order valence-corrected chi connectivity index (χ1v) is 6.71. The van der Waals surface area contributed by atoms with E-state index < -0.39 is 0 Å². The van der Waals surface area contributed by atoms with Gasteiger partial charge in [0.1, 0.15) is 0 Å². The quantitative estimate of drug-likeness (QED) is 0.587. The number of carbonyl (C=O) groups is 1. The highest BCUT2D eigenvalue weighted by Crippen LogP contribution is 2.18. The molecule has 0 atom stereocenters. The van der Waals surface area contributed by atoms with Crippen LogP contribution in [-0.2, 0) is 0 Å². The van der Waals surface area contributed by atoms with Gasteiger partial charge in [0.2, 0.25) is 0 Å². The van der Waals surface area contributed by atoms with Crippen molar-refractivity contribution >= 4 is 17.2 Å². The normalized spacial score (nSPS) is 11.5. The van der Waals surface area contributed by atoms with Crippen LogP contribution in [0.3, 0.4) is 0 Å². The van der Waals surface area contributed by atoms with Gasteiger partial charge in [-0.2, -0.15) is 0 Å². The van der Waals surface area contributed by atoms with Gasteiger partial charge in [-0.05, 0) is 45.9 Å². The van der Waals surface area contributed by atoms with Gasteiger partial charge < -0.3 is 0 Å². The van der Waals surface area contributed by atoms with Crippen LogP contribution in [0.1, 0.15) is 40.9 Å². The van der Waals surface area contributed by atoms with Crippen LogP contribution in [0.25, 0.3) is 0 Å². The van der Waals surface area contributed by atoms with Crippen molar-refractivity contribution in [1.82, 2.24) is 0 Å². The van der Waals surface area contributed by atoms with Crippen LogP contribution in [0.15, 0.2) is 47.5 Å². The minimum atomic E-state index is 0.0680. The van der Waals surface area contributed by atoms with E-state index in [1.807, 2.05) is 56.3 Å². The van der Waals surface area contributed by atoms with Gasteiger partial charge in [-0.15, -0.1) is 0 Å². The number of nitrogens with zero attached hydrogens (tertiary/aromatic N) is 1. The highest BCUT2D eigenvalue weighted by Gasteiger charge is 2.10. The molecule has 0 radical (unpaired) electrons. The Balaban J connectivity index is 2.47. The van der Waals surface area contributed by atoms with E-state index in [2.05, 4.69) is 11.9 Å². The van der Waals surface area contributed by atoms with Gasteiger partial charge in [-0.1, -0.05) is 35.4 Å². The Hall–Kier alpha value is -2.22. The van der Waals surface area contributed by atoms with Crippen LogP contribution >= 0.6 is 0 Å². The number of rotatable bonds is 3. The third-order valence-corrected chi connectivity index (χ3v) is 3.27. The number of ketones is 1. The van der Waals surface area contributed by atoms with Crippen molar-refractivity contribution in [2.75, 3.05) is 0 Å². The second-order valence-electron chi connectivity index (χ2n) is 5.14. The van der Waals surface area contributed by atoms with E-state index in [1.54, 1.807) is 6.92 Å². The third-order valence-electron chi connectivity index (χ3n) is 3.27. The SMILES string of the molecule is CC(=O)c1ccc(C)cc1C(C)=Nc1ccc(C)cc1. The van der Waals surface area contributed by atoms with Gasteiger partial charge in [0.05, 0.1) is 5.69 Å². The zero-order valence-corrected chi connectivity index (χ0v) is 12.4. The Morgan fingerprint density at radius 2 is 1.45 bits per heavy atom. The molecule has 2 nitrogen and oxygen atoms in total. The van der Waals surface area contributed by atoms with Crippen LogP contribution in [-0.4, -0.2) is 11.5 Å². The Bertz CT molecular complexity index is 666. The zero-order valence-electron chi connectivity index (χ0n) is 12.4. The number of Topliss-reactive ketones (excluding diaryl/α,β-unsaturated/α-hetero) is 1. The molecular weight excluding hydrogens is 246 g/mol. The Morgan fingerprint density at radius 3 is 2.05 bits per heavy atom. The van der Waals surface area contributed by atoms with Crippen molar-refractivity contribution in [2.45, 2.75) is 27.7 Å². The van der Waals surface area contributed by atoms with Gasteiger partial charge in [-0.3, -0.25) is 9.79 Å². The van der Waals surface area contributed by atoms with Gasteiger partial charge >= 0.3 is 0 Å². The highest BCUT2D eigenvalue weighted by molar-refractivity contribution is 6.10. The molecule has 2 aromatic carbocycles. The smallest absolute Gasteiger partial charge is 0.160 e. The van der Waals surface area contributed by atoms with E-state index in [-0.39, 0.29) is 5.78 Å². The van der Waals surface area contributed by atoms with Gasteiger partial charge in [-0.25, -0.2) is 0 Å². The summed E-state index contributed by atoms with van der Waals surface area (Å²) in [4.78, 5) is 16.3. The van der Waals surface area contributed by atoms with Crippen LogP contribution in [0.2, 0.25) is 0 Å². The Kier molecular flexibility index (Phi) is 4.14. The molecule has 0 bridgehead atoms. The summed E-state index contributed by atoms with van der Waals surface area (Å²) in [5.41, 5.74) is 5.75. The second-order valence-corrected chi connectivity index (χ2v) is 5.14. The number of carbonyl (C=O) groups excluding carboxylic acids is 1. The maximum atomic E-state index is 11.7. The Morgan fingerprint density at radius 1 is 0.850 bits per heavy atom. The second kappa shape index (κ2) is 5.83. The van der Waals surface area contributed by atoms with E-state index in [9.17, 15) is 4.79 Å². The molecule has 2 heteroatoms. The lowest BCUT2D eigenvalue weighted by molar-refractivity contribution is 0.101. The molecule has 0 aromatic heterocycles. The molecule has 0 spiro atoms. The Labute approximate surface area is 120 Å². The van der Waals surface area contributed by atoms with Crippen LogP contribution in [0.4, 0.5) is 5.69 Å². The van der Waals surface area contributed by atoms with Gasteiger partial charge in [0.15, 0.2) is 5.78 Å². The molecular formula is C18H19NO. The zero-order chi connectivity index (χ0) is 14.7. The number of benzene rings is 2. The third kappa shape index (κ3) is 3.21. The first-order valence-electron chi connectivity index (χ1n) is 6.71. The molecule has 2 aromatic rings. The van der Waals surface area contributed by atoms with Crippen LogP contribution in [0, 0.1) is 13.8 Å². The van der Waals surface area contributed by atoms with E-state index >= 15 is 0 Å². The van der Waals surface area contributed by atoms with E-state index in [0.29, 0.717) is 0 Å². The fraction of sp³-hybridized carbons (Fsp3) is 0.222. The topological polar surface area (TPSA) is 29.4 Å². The minimum Gasteiger partial charge on any atom is -0.294 e. The molecule has 0 saturated carbocycles. The lowest BCUT2D eigenvalue weighted by Gasteiger charge is -2.08. The van der Waals surface area contributed by atoms with Crippen molar-refractivity contribution in [3.05, 3.63) is 64.7 Å². The van der Waals surface area contributed by atoms with Gasteiger partial charge in [0.25, 0.3) is 0 Å². The molecule has 0 aliphatic rings. The molecule has 0 unspecified atom stereocenters. The molecule has 0 amide bonds. The minimum absolute atomic E-state index is 0.0680. The monoisotopic (exact) mass is 265 g/mol. The van der Waals surface area contributed by atoms with Crippen molar-refractivity contribution in [3.8, 4) is 0 Å². The number of aryl methyl sites for hydroxylation is 2. The lowest BCUT2D eigenvalue weighted by atomic mass is 9.98. The molecule has 0 aliphatic carbocycles. The standard InChI is InChI=1S/C18H19NO/c1-12-5-8-16(9-6-12)19-14(3)18-11-13(2)7-10-17(18)15(4)20/h5-11H,1-4H3. The van der Waals surface area contributed by atoms with Crippen molar-refractivity contribution in [3.63, 3.8) is 0 Å². The molecule has 0 aliphatic heterocycles. The first-order chi connectivity index (χ1) is 9.47. The maximum Gasteiger partial charge on any atom is 0.160 e. The summed E-state index contributed by atoms with van der Waals surface area (Å²) in [5.74, 6) is 0.0680. The van der Waals surface area contributed by atoms with Crippen LogP contribution < -0.4 is 0 Å². The molecule has 102 valence electrons. The average molecular weight is 265 g/mol. The van der Waals surface area contributed by atoms with Crippen molar-refractivity contribution in [1.29, 1.82) is 0 Å². The summed E-state index contributed by atoms with van der Waals surface area (Å²) < 4.78 is 0. The average Bonchev–Trinajstić information content (AvgIpc) is 2.41. The summed E-state index contributed by atoms with van der Waals surface area (Å²) in [6, 6.07) is 13.9. The van der Waals surface area contributed by atoms with E-state index in [0.717, 1.165) is 28.1 Å². The highest BCUT2D eigenvalue weighted by atomic mass is 16.1. The van der Waals surface area contributed by atoms with E-state index in [1.165, 1.54) is 5.56 Å². The lowest BCUT2D eigenvalue weighted by Crippen LogP contribution is -2.05. The molecule has 20 heavy (non-hydrogen) atoms. The summed E-state index contributed by atoms with van der Waals surface area (Å²) in [5, 5.41) is 0. The van der Waals surface area contributed by atoms with Crippen molar-refractivity contribution < 1.29 is 4.79 Å². The van der Waals surface area contributed by atoms with E-state index in [4.69, 9.17) is 0 Å². The largest absolute Gasteiger partial charge is 0.294 e. The fourth-order valence-corrected chi connectivity index (χ4v) is 2.14. The first kappa shape index (κ1) is 14.2. The summed E-state index contributed by atoms with van der Waals surface area (Å²) in [6.07, 6.45) is 0. The maximum absolute atomic E-state index is 11.7.